The van der Waals surface area contributed by atoms with Crippen molar-refractivity contribution in [2.45, 2.75) is 6.42 Å². The molecular formula is C10H14N2O3. The molecule has 0 atom stereocenters. The van der Waals surface area contributed by atoms with Crippen LogP contribution in [0.15, 0.2) is 29.4 Å². The van der Waals surface area contributed by atoms with Crippen LogP contribution in [0.1, 0.15) is 6.42 Å². The Bertz CT molecular complexity index is 322. The molecule has 0 aliphatic heterocycles. The van der Waals surface area contributed by atoms with Crippen LogP contribution < -0.4 is 15.2 Å². The maximum atomic E-state index is 8.29. The third-order valence-corrected chi connectivity index (χ3v) is 1.81. The van der Waals surface area contributed by atoms with Crippen LogP contribution in [0.2, 0.25) is 0 Å². The number of benzene rings is 1. The summed E-state index contributed by atoms with van der Waals surface area (Å²) in [6.07, 6.45) is 0.391. The van der Waals surface area contributed by atoms with Crippen LogP contribution in [-0.4, -0.2) is 24.8 Å². The van der Waals surface area contributed by atoms with Crippen LogP contribution in [0.3, 0.4) is 0 Å². The van der Waals surface area contributed by atoms with Crippen molar-refractivity contribution in [2.75, 3.05) is 13.7 Å². The van der Waals surface area contributed by atoms with E-state index in [2.05, 4.69) is 5.16 Å². The predicted octanol–water partition coefficient (Wildman–Crippen LogP) is 1.21. The minimum Gasteiger partial charge on any atom is -0.497 e. The van der Waals surface area contributed by atoms with E-state index in [0.717, 1.165) is 11.5 Å². The van der Waals surface area contributed by atoms with E-state index in [9.17, 15) is 0 Å². The number of oxime groups is 1. The van der Waals surface area contributed by atoms with Gasteiger partial charge in [0, 0.05) is 6.42 Å². The van der Waals surface area contributed by atoms with Crippen molar-refractivity contribution in [2.24, 2.45) is 10.9 Å². The lowest BCUT2D eigenvalue weighted by Crippen LogP contribution is -2.15. The Morgan fingerprint density at radius 2 is 1.93 bits per heavy atom. The average molecular weight is 210 g/mol. The van der Waals surface area contributed by atoms with E-state index in [1.807, 2.05) is 0 Å². The second-order valence-electron chi connectivity index (χ2n) is 2.87. The minimum atomic E-state index is 0.156. The summed E-state index contributed by atoms with van der Waals surface area (Å²) in [5.74, 6) is 1.66. The van der Waals surface area contributed by atoms with Crippen molar-refractivity contribution >= 4 is 5.84 Å². The molecule has 0 bridgehead atoms. The van der Waals surface area contributed by atoms with Crippen LogP contribution >= 0.6 is 0 Å². The zero-order valence-corrected chi connectivity index (χ0v) is 8.51. The van der Waals surface area contributed by atoms with Crippen LogP contribution in [-0.2, 0) is 0 Å². The number of rotatable bonds is 5. The molecule has 82 valence electrons. The van der Waals surface area contributed by atoms with Gasteiger partial charge in [0.1, 0.15) is 17.3 Å². The lowest BCUT2D eigenvalue weighted by molar-refractivity contribution is 0.305. The number of nitrogens with two attached hydrogens (primary N) is 1. The van der Waals surface area contributed by atoms with Crippen molar-refractivity contribution in [3.8, 4) is 11.5 Å². The first-order chi connectivity index (χ1) is 7.26. The topological polar surface area (TPSA) is 77.1 Å². The Morgan fingerprint density at radius 3 is 2.47 bits per heavy atom. The van der Waals surface area contributed by atoms with Crippen molar-refractivity contribution < 1.29 is 14.7 Å². The summed E-state index contributed by atoms with van der Waals surface area (Å²) in [4.78, 5) is 0. The summed E-state index contributed by atoms with van der Waals surface area (Å²) in [5, 5.41) is 11.1. The summed E-state index contributed by atoms with van der Waals surface area (Å²) in [6.45, 7) is 0.377. The number of hydrogen-bond acceptors (Lipinski definition) is 4. The second-order valence-corrected chi connectivity index (χ2v) is 2.87. The summed E-state index contributed by atoms with van der Waals surface area (Å²) >= 11 is 0. The molecule has 0 aromatic heterocycles. The number of ether oxygens (including phenoxy) is 2. The summed E-state index contributed by atoms with van der Waals surface area (Å²) in [7, 11) is 1.61. The molecule has 1 aromatic carbocycles. The van der Waals surface area contributed by atoms with E-state index in [0.29, 0.717) is 13.0 Å². The molecule has 0 radical (unpaired) electrons. The van der Waals surface area contributed by atoms with E-state index in [4.69, 9.17) is 20.4 Å². The largest absolute Gasteiger partial charge is 0.497 e. The summed E-state index contributed by atoms with van der Waals surface area (Å²) in [5.41, 5.74) is 5.28. The third kappa shape index (κ3) is 3.76. The molecule has 0 aliphatic carbocycles. The Morgan fingerprint density at radius 1 is 1.33 bits per heavy atom. The lowest BCUT2D eigenvalue weighted by atomic mass is 10.3. The maximum absolute atomic E-state index is 8.29. The molecule has 0 spiro atoms. The molecule has 0 heterocycles. The standard InChI is InChI=1S/C10H14N2O3/c1-14-8-2-4-9(5-3-8)15-7-6-10(11)12-13/h2-5,13H,6-7H2,1H3,(H2,11,12). The first kappa shape index (κ1) is 11.2. The molecule has 0 saturated carbocycles. The fourth-order valence-corrected chi connectivity index (χ4v) is 0.995. The van der Waals surface area contributed by atoms with Crippen LogP contribution in [0.4, 0.5) is 0 Å². The average Bonchev–Trinajstić information content (AvgIpc) is 2.29. The zero-order chi connectivity index (χ0) is 11.1. The molecule has 15 heavy (non-hydrogen) atoms. The van der Waals surface area contributed by atoms with E-state index in [-0.39, 0.29) is 5.84 Å². The monoisotopic (exact) mass is 210 g/mol. The summed E-state index contributed by atoms with van der Waals surface area (Å²) in [6, 6.07) is 7.20. The smallest absolute Gasteiger partial charge is 0.142 e. The normalized spacial score (nSPS) is 11.1. The highest BCUT2D eigenvalue weighted by Crippen LogP contribution is 2.16. The van der Waals surface area contributed by atoms with E-state index >= 15 is 0 Å². The Labute approximate surface area is 88.1 Å². The van der Waals surface area contributed by atoms with Gasteiger partial charge in [-0.3, -0.25) is 0 Å². The molecule has 5 heteroatoms. The predicted molar refractivity (Wildman–Crippen MR) is 56.5 cm³/mol. The van der Waals surface area contributed by atoms with Gasteiger partial charge in [-0.1, -0.05) is 5.16 Å². The lowest BCUT2D eigenvalue weighted by Gasteiger charge is -2.06. The fourth-order valence-electron chi connectivity index (χ4n) is 0.995. The van der Waals surface area contributed by atoms with Gasteiger partial charge in [-0.2, -0.15) is 0 Å². The number of hydrogen-bond donors (Lipinski definition) is 2. The fraction of sp³-hybridized carbons (Fsp3) is 0.300. The van der Waals surface area contributed by atoms with Gasteiger partial charge >= 0.3 is 0 Å². The van der Waals surface area contributed by atoms with Gasteiger partial charge in [0.15, 0.2) is 0 Å². The highest BCUT2D eigenvalue weighted by molar-refractivity contribution is 5.79. The van der Waals surface area contributed by atoms with Gasteiger partial charge in [-0.05, 0) is 24.3 Å². The molecule has 0 unspecified atom stereocenters. The zero-order valence-electron chi connectivity index (χ0n) is 8.51. The molecular weight excluding hydrogens is 196 g/mol. The van der Waals surface area contributed by atoms with Gasteiger partial charge in [0.25, 0.3) is 0 Å². The molecule has 0 saturated heterocycles. The van der Waals surface area contributed by atoms with Crippen LogP contribution in [0, 0.1) is 0 Å². The highest BCUT2D eigenvalue weighted by Gasteiger charge is 1.97. The molecule has 0 amide bonds. The van der Waals surface area contributed by atoms with Crippen molar-refractivity contribution in [1.82, 2.24) is 0 Å². The Balaban J connectivity index is 2.38. The molecule has 0 fully saturated rings. The van der Waals surface area contributed by atoms with Gasteiger partial charge in [0.05, 0.1) is 13.7 Å². The van der Waals surface area contributed by atoms with E-state index < -0.39 is 0 Å². The first-order valence-corrected chi connectivity index (χ1v) is 4.49. The van der Waals surface area contributed by atoms with Gasteiger partial charge in [0.2, 0.25) is 0 Å². The van der Waals surface area contributed by atoms with Crippen molar-refractivity contribution in [3.05, 3.63) is 24.3 Å². The van der Waals surface area contributed by atoms with E-state index in [1.54, 1.807) is 31.4 Å². The molecule has 1 aromatic rings. The molecule has 3 N–H and O–H groups in total. The highest BCUT2D eigenvalue weighted by atomic mass is 16.5. The number of methoxy groups -OCH3 is 1. The number of amidine groups is 1. The van der Waals surface area contributed by atoms with Gasteiger partial charge < -0.3 is 20.4 Å². The van der Waals surface area contributed by atoms with Crippen molar-refractivity contribution in [1.29, 1.82) is 0 Å². The first-order valence-electron chi connectivity index (χ1n) is 4.49. The van der Waals surface area contributed by atoms with Gasteiger partial charge in [-0.15, -0.1) is 0 Å². The SMILES string of the molecule is COc1ccc(OCC/C(N)=N/O)cc1. The third-order valence-electron chi connectivity index (χ3n) is 1.81. The van der Waals surface area contributed by atoms with Crippen LogP contribution in [0.25, 0.3) is 0 Å². The second kappa shape index (κ2) is 5.74. The minimum absolute atomic E-state index is 0.156. The van der Waals surface area contributed by atoms with Crippen molar-refractivity contribution in [3.63, 3.8) is 0 Å². The molecule has 5 nitrogen and oxygen atoms in total. The van der Waals surface area contributed by atoms with Gasteiger partial charge in [-0.25, -0.2) is 0 Å². The molecule has 0 aliphatic rings. The Hall–Kier alpha value is -1.91. The summed E-state index contributed by atoms with van der Waals surface area (Å²) < 4.78 is 10.4. The number of nitrogens with zero attached hydrogens (tertiary/aromatic N) is 1. The van der Waals surface area contributed by atoms with Crippen LogP contribution in [0.5, 0.6) is 11.5 Å². The maximum Gasteiger partial charge on any atom is 0.142 e. The quantitative estimate of drug-likeness (QED) is 0.331. The molecule has 1 rings (SSSR count). The Kier molecular flexibility index (Phi) is 4.28. The van der Waals surface area contributed by atoms with E-state index in [1.165, 1.54) is 0 Å².